The van der Waals surface area contributed by atoms with Crippen molar-refractivity contribution in [1.29, 1.82) is 0 Å². The molecule has 0 spiro atoms. The van der Waals surface area contributed by atoms with Gasteiger partial charge in [-0.1, -0.05) is 26.2 Å². The first-order chi connectivity index (χ1) is 8.20. The highest BCUT2D eigenvalue weighted by Crippen LogP contribution is 2.30. The summed E-state index contributed by atoms with van der Waals surface area (Å²) in [5.74, 6) is 0.554. The number of hydrogen-bond donors (Lipinski definition) is 1. The van der Waals surface area contributed by atoms with Gasteiger partial charge in [0.25, 0.3) is 0 Å². The summed E-state index contributed by atoms with van der Waals surface area (Å²) in [6, 6.07) is 5.71. The van der Waals surface area contributed by atoms with Crippen molar-refractivity contribution >= 4 is 21.6 Å². The zero-order valence-corrected chi connectivity index (χ0v) is 11.8. The number of halogens is 2. The number of hydrogen-bond acceptors (Lipinski definition) is 1. The molecular formula is C14H19BrFN. The Bertz CT molecular complexity index is 380. The Morgan fingerprint density at radius 3 is 2.82 bits per heavy atom. The number of rotatable bonds is 3. The SMILES string of the molecule is CCC1CCCCC1Nc1ccc(F)c(Br)c1. The zero-order valence-electron chi connectivity index (χ0n) is 10.2. The second kappa shape index (κ2) is 5.85. The van der Waals surface area contributed by atoms with Gasteiger partial charge in [0.1, 0.15) is 5.82 Å². The Balaban J connectivity index is 2.05. The molecule has 1 fully saturated rings. The van der Waals surface area contributed by atoms with Crippen LogP contribution in [-0.4, -0.2) is 6.04 Å². The summed E-state index contributed by atoms with van der Waals surface area (Å²) in [6.07, 6.45) is 6.42. The maximum Gasteiger partial charge on any atom is 0.137 e. The largest absolute Gasteiger partial charge is 0.382 e. The van der Waals surface area contributed by atoms with Crippen LogP contribution in [0.25, 0.3) is 0 Å². The summed E-state index contributed by atoms with van der Waals surface area (Å²) < 4.78 is 13.7. The van der Waals surface area contributed by atoms with E-state index in [1.165, 1.54) is 38.2 Å². The average molecular weight is 300 g/mol. The van der Waals surface area contributed by atoms with Crippen molar-refractivity contribution in [3.8, 4) is 0 Å². The Labute approximate surface area is 111 Å². The molecule has 3 heteroatoms. The molecule has 17 heavy (non-hydrogen) atoms. The Morgan fingerprint density at radius 2 is 2.12 bits per heavy atom. The third kappa shape index (κ3) is 3.21. The lowest BCUT2D eigenvalue weighted by molar-refractivity contribution is 0.317. The van der Waals surface area contributed by atoms with Gasteiger partial charge in [-0.2, -0.15) is 0 Å². The summed E-state index contributed by atoms with van der Waals surface area (Å²) in [4.78, 5) is 0. The van der Waals surface area contributed by atoms with Crippen LogP contribution in [0.15, 0.2) is 22.7 Å². The van der Waals surface area contributed by atoms with Gasteiger partial charge in [0.2, 0.25) is 0 Å². The van der Waals surface area contributed by atoms with E-state index in [0.29, 0.717) is 10.5 Å². The second-order valence-corrected chi connectivity index (χ2v) is 5.69. The molecule has 0 heterocycles. The minimum atomic E-state index is -0.203. The van der Waals surface area contributed by atoms with Gasteiger partial charge in [0, 0.05) is 11.7 Å². The average Bonchev–Trinajstić information content (AvgIpc) is 2.34. The molecule has 1 aromatic carbocycles. The van der Waals surface area contributed by atoms with E-state index in [4.69, 9.17) is 0 Å². The van der Waals surface area contributed by atoms with E-state index in [1.54, 1.807) is 0 Å². The summed E-state index contributed by atoms with van der Waals surface area (Å²) in [5.41, 5.74) is 1.02. The molecule has 0 saturated heterocycles. The van der Waals surface area contributed by atoms with Gasteiger partial charge in [-0.15, -0.1) is 0 Å². The van der Waals surface area contributed by atoms with Gasteiger partial charge < -0.3 is 5.32 Å². The molecule has 1 aromatic rings. The van der Waals surface area contributed by atoms with E-state index in [0.717, 1.165) is 11.6 Å². The molecule has 94 valence electrons. The minimum absolute atomic E-state index is 0.203. The lowest BCUT2D eigenvalue weighted by atomic mass is 9.83. The summed E-state index contributed by atoms with van der Waals surface area (Å²) >= 11 is 3.23. The van der Waals surface area contributed by atoms with Crippen LogP contribution in [0, 0.1) is 11.7 Å². The molecule has 1 N–H and O–H groups in total. The highest BCUT2D eigenvalue weighted by molar-refractivity contribution is 9.10. The number of benzene rings is 1. The topological polar surface area (TPSA) is 12.0 Å². The first-order valence-corrected chi connectivity index (χ1v) is 7.21. The molecule has 0 amide bonds. The van der Waals surface area contributed by atoms with E-state index in [9.17, 15) is 4.39 Å². The van der Waals surface area contributed by atoms with Gasteiger partial charge in [-0.3, -0.25) is 0 Å². The van der Waals surface area contributed by atoms with Crippen molar-refractivity contribution < 1.29 is 4.39 Å². The maximum absolute atomic E-state index is 13.1. The first kappa shape index (κ1) is 12.9. The van der Waals surface area contributed by atoms with Crippen molar-refractivity contribution in [3.05, 3.63) is 28.5 Å². The van der Waals surface area contributed by atoms with Crippen LogP contribution >= 0.6 is 15.9 Å². The Hall–Kier alpha value is -0.570. The predicted molar refractivity (Wildman–Crippen MR) is 73.8 cm³/mol. The predicted octanol–water partition coefficient (Wildman–Crippen LogP) is 4.97. The third-order valence-corrected chi connectivity index (χ3v) is 4.31. The molecule has 0 bridgehead atoms. The highest BCUT2D eigenvalue weighted by atomic mass is 79.9. The summed E-state index contributed by atoms with van der Waals surface area (Å²) in [5, 5.41) is 3.55. The highest BCUT2D eigenvalue weighted by Gasteiger charge is 2.23. The van der Waals surface area contributed by atoms with E-state index >= 15 is 0 Å². The van der Waals surface area contributed by atoms with E-state index in [2.05, 4.69) is 28.2 Å². The van der Waals surface area contributed by atoms with Crippen molar-refractivity contribution in [1.82, 2.24) is 0 Å². The van der Waals surface area contributed by atoms with Crippen LogP contribution in [0.3, 0.4) is 0 Å². The van der Waals surface area contributed by atoms with Crippen molar-refractivity contribution in [3.63, 3.8) is 0 Å². The lowest BCUT2D eigenvalue weighted by Crippen LogP contribution is -2.31. The van der Waals surface area contributed by atoms with E-state index < -0.39 is 0 Å². The first-order valence-electron chi connectivity index (χ1n) is 6.42. The lowest BCUT2D eigenvalue weighted by Gasteiger charge is -2.32. The molecular weight excluding hydrogens is 281 g/mol. The fraction of sp³-hybridized carbons (Fsp3) is 0.571. The monoisotopic (exact) mass is 299 g/mol. The smallest absolute Gasteiger partial charge is 0.137 e. The Kier molecular flexibility index (Phi) is 4.43. The minimum Gasteiger partial charge on any atom is -0.382 e. The van der Waals surface area contributed by atoms with Crippen LogP contribution in [-0.2, 0) is 0 Å². The van der Waals surface area contributed by atoms with Gasteiger partial charge in [-0.25, -0.2) is 4.39 Å². The van der Waals surface area contributed by atoms with Crippen LogP contribution in [0.4, 0.5) is 10.1 Å². The van der Waals surface area contributed by atoms with Crippen molar-refractivity contribution in [2.75, 3.05) is 5.32 Å². The zero-order chi connectivity index (χ0) is 12.3. The fourth-order valence-corrected chi connectivity index (χ4v) is 3.07. The summed E-state index contributed by atoms with van der Waals surface area (Å²) in [6.45, 7) is 2.26. The fourth-order valence-electron chi connectivity index (χ4n) is 2.69. The molecule has 1 saturated carbocycles. The van der Waals surface area contributed by atoms with Crippen LogP contribution < -0.4 is 5.32 Å². The molecule has 0 aromatic heterocycles. The Morgan fingerprint density at radius 1 is 1.35 bits per heavy atom. The second-order valence-electron chi connectivity index (χ2n) is 4.83. The normalized spacial score (nSPS) is 24.6. The molecule has 2 atom stereocenters. The standard InChI is InChI=1S/C14H19BrFN/c1-2-10-5-3-4-6-14(10)17-11-7-8-13(16)12(15)9-11/h7-10,14,17H,2-6H2,1H3. The number of anilines is 1. The van der Waals surface area contributed by atoms with Crippen LogP contribution in [0.2, 0.25) is 0 Å². The van der Waals surface area contributed by atoms with Gasteiger partial charge >= 0.3 is 0 Å². The molecule has 2 rings (SSSR count). The molecule has 2 unspecified atom stereocenters. The molecule has 0 aliphatic heterocycles. The summed E-state index contributed by atoms with van der Waals surface area (Å²) in [7, 11) is 0. The van der Waals surface area contributed by atoms with Gasteiger partial charge in [-0.05, 0) is 52.9 Å². The van der Waals surface area contributed by atoms with Crippen molar-refractivity contribution in [2.45, 2.75) is 45.1 Å². The van der Waals surface area contributed by atoms with E-state index in [-0.39, 0.29) is 5.82 Å². The van der Waals surface area contributed by atoms with Crippen LogP contribution in [0.5, 0.6) is 0 Å². The van der Waals surface area contributed by atoms with Crippen LogP contribution in [0.1, 0.15) is 39.0 Å². The quantitative estimate of drug-likeness (QED) is 0.831. The maximum atomic E-state index is 13.1. The van der Waals surface area contributed by atoms with Crippen molar-refractivity contribution in [2.24, 2.45) is 5.92 Å². The molecule has 1 aliphatic carbocycles. The molecule has 1 aliphatic rings. The third-order valence-electron chi connectivity index (χ3n) is 3.71. The molecule has 0 radical (unpaired) electrons. The van der Waals surface area contributed by atoms with Gasteiger partial charge in [0.05, 0.1) is 4.47 Å². The van der Waals surface area contributed by atoms with E-state index in [1.807, 2.05) is 12.1 Å². The van der Waals surface area contributed by atoms with Gasteiger partial charge in [0.15, 0.2) is 0 Å². The molecule has 1 nitrogen and oxygen atoms in total. The number of nitrogens with one attached hydrogen (secondary N) is 1.